The van der Waals surface area contributed by atoms with Crippen molar-refractivity contribution in [3.05, 3.63) is 12.1 Å². The summed E-state index contributed by atoms with van der Waals surface area (Å²) < 4.78 is 0. The van der Waals surface area contributed by atoms with Crippen LogP contribution in [-0.4, -0.2) is 28.3 Å². The van der Waals surface area contributed by atoms with Gasteiger partial charge in [0.2, 0.25) is 0 Å². The van der Waals surface area contributed by atoms with Gasteiger partial charge in [-0.1, -0.05) is 26.2 Å². The van der Waals surface area contributed by atoms with Crippen molar-refractivity contribution in [2.75, 3.05) is 10.6 Å². The Kier molecular flexibility index (Phi) is 5.78. The molecule has 1 atom stereocenters. The topological polar surface area (TPSA) is 78.9 Å². The van der Waals surface area contributed by atoms with Crippen molar-refractivity contribution in [3.8, 4) is 0 Å². The standard InChI is InChI=1S/C15H25N5O/c1-3-11(2)16-13-9-10-14(20-19-13)18-15(21)17-12-7-5-4-6-8-12/h9-12H,3-8H2,1-2H3,(H,16,19)(H2,17,18,20,21). The summed E-state index contributed by atoms with van der Waals surface area (Å²) in [5, 5.41) is 17.0. The largest absolute Gasteiger partial charge is 0.366 e. The zero-order valence-electron chi connectivity index (χ0n) is 12.9. The summed E-state index contributed by atoms with van der Waals surface area (Å²) in [6.45, 7) is 4.20. The molecule has 2 rings (SSSR count). The third kappa shape index (κ3) is 5.21. The molecule has 0 aliphatic heterocycles. The van der Waals surface area contributed by atoms with E-state index in [2.05, 4.69) is 40.0 Å². The second-order valence-corrected chi connectivity index (χ2v) is 5.69. The van der Waals surface area contributed by atoms with Crippen LogP contribution in [0.25, 0.3) is 0 Å². The van der Waals surface area contributed by atoms with E-state index in [-0.39, 0.29) is 12.1 Å². The molecule has 0 spiro atoms. The number of nitrogens with zero attached hydrogens (tertiary/aromatic N) is 2. The minimum absolute atomic E-state index is 0.196. The summed E-state index contributed by atoms with van der Waals surface area (Å²) in [6, 6.07) is 4.04. The maximum atomic E-state index is 11.9. The molecule has 1 aromatic heterocycles. The van der Waals surface area contributed by atoms with Crippen molar-refractivity contribution in [1.82, 2.24) is 15.5 Å². The van der Waals surface area contributed by atoms with Gasteiger partial charge in [0.25, 0.3) is 0 Å². The van der Waals surface area contributed by atoms with Crippen molar-refractivity contribution in [3.63, 3.8) is 0 Å². The van der Waals surface area contributed by atoms with E-state index in [1.807, 2.05) is 6.07 Å². The van der Waals surface area contributed by atoms with Gasteiger partial charge in [-0.2, -0.15) is 0 Å². The number of anilines is 2. The Labute approximate surface area is 126 Å². The lowest BCUT2D eigenvalue weighted by molar-refractivity contribution is 0.244. The molecule has 116 valence electrons. The highest BCUT2D eigenvalue weighted by Crippen LogP contribution is 2.17. The summed E-state index contributed by atoms with van der Waals surface area (Å²) >= 11 is 0. The lowest BCUT2D eigenvalue weighted by Crippen LogP contribution is -2.39. The van der Waals surface area contributed by atoms with Crippen LogP contribution in [0.1, 0.15) is 52.4 Å². The molecule has 1 fully saturated rings. The Morgan fingerprint density at radius 3 is 2.52 bits per heavy atom. The average Bonchev–Trinajstić information content (AvgIpc) is 2.50. The molecule has 3 N–H and O–H groups in total. The van der Waals surface area contributed by atoms with Gasteiger partial charge in [0.1, 0.15) is 5.82 Å². The van der Waals surface area contributed by atoms with Gasteiger partial charge in [-0.15, -0.1) is 10.2 Å². The number of aromatic nitrogens is 2. The molecule has 21 heavy (non-hydrogen) atoms. The average molecular weight is 291 g/mol. The van der Waals surface area contributed by atoms with Gasteiger partial charge >= 0.3 is 6.03 Å². The molecule has 0 bridgehead atoms. The van der Waals surface area contributed by atoms with E-state index in [4.69, 9.17) is 0 Å². The first-order valence-corrected chi connectivity index (χ1v) is 7.85. The minimum Gasteiger partial charge on any atom is -0.366 e. The molecule has 1 heterocycles. The molecular weight excluding hydrogens is 266 g/mol. The zero-order chi connectivity index (χ0) is 15.1. The molecule has 1 aliphatic carbocycles. The minimum atomic E-state index is -0.196. The molecule has 1 unspecified atom stereocenters. The normalized spacial score (nSPS) is 17.0. The molecule has 6 nitrogen and oxygen atoms in total. The lowest BCUT2D eigenvalue weighted by Gasteiger charge is -2.22. The Bertz CT molecular complexity index is 442. The van der Waals surface area contributed by atoms with E-state index in [1.54, 1.807) is 6.07 Å². The molecule has 2 amide bonds. The van der Waals surface area contributed by atoms with E-state index < -0.39 is 0 Å². The first-order valence-electron chi connectivity index (χ1n) is 7.85. The molecule has 1 aromatic rings. The molecule has 1 saturated carbocycles. The van der Waals surface area contributed by atoms with Gasteiger partial charge in [0, 0.05) is 12.1 Å². The number of amides is 2. The highest BCUT2D eigenvalue weighted by molar-refractivity contribution is 5.88. The predicted molar refractivity (Wildman–Crippen MR) is 84.4 cm³/mol. The molecular formula is C15H25N5O. The van der Waals surface area contributed by atoms with Crippen LogP contribution in [0, 0.1) is 0 Å². The van der Waals surface area contributed by atoms with Crippen LogP contribution in [0.15, 0.2) is 12.1 Å². The Hall–Kier alpha value is -1.85. The van der Waals surface area contributed by atoms with Gasteiger partial charge in [0.05, 0.1) is 0 Å². The second kappa shape index (κ2) is 7.81. The zero-order valence-corrected chi connectivity index (χ0v) is 12.9. The summed E-state index contributed by atoms with van der Waals surface area (Å²) in [4.78, 5) is 11.9. The van der Waals surface area contributed by atoms with Gasteiger partial charge in [-0.25, -0.2) is 4.79 Å². The van der Waals surface area contributed by atoms with Crippen LogP contribution in [0.4, 0.5) is 16.4 Å². The van der Waals surface area contributed by atoms with Crippen molar-refractivity contribution < 1.29 is 4.79 Å². The number of hydrogen-bond donors (Lipinski definition) is 3. The van der Waals surface area contributed by atoms with Crippen LogP contribution >= 0.6 is 0 Å². The van der Waals surface area contributed by atoms with E-state index >= 15 is 0 Å². The summed E-state index contributed by atoms with van der Waals surface area (Å²) in [5.74, 6) is 1.19. The Morgan fingerprint density at radius 1 is 1.24 bits per heavy atom. The highest BCUT2D eigenvalue weighted by Gasteiger charge is 2.15. The van der Waals surface area contributed by atoms with Crippen LogP contribution in [0.3, 0.4) is 0 Å². The molecule has 0 radical (unpaired) electrons. The van der Waals surface area contributed by atoms with Gasteiger partial charge in [-0.05, 0) is 38.3 Å². The fraction of sp³-hybridized carbons (Fsp3) is 0.667. The van der Waals surface area contributed by atoms with Crippen molar-refractivity contribution in [2.24, 2.45) is 0 Å². The third-order valence-electron chi connectivity index (χ3n) is 3.85. The first-order chi connectivity index (χ1) is 10.2. The number of rotatable bonds is 5. The van der Waals surface area contributed by atoms with E-state index in [1.165, 1.54) is 19.3 Å². The fourth-order valence-electron chi connectivity index (χ4n) is 2.42. The Balaban J connectivity index is 1.80. The third-order valence-corrected chi connectivity index (χ3v) is 3.85. The van der Waals surface area contributed by atoms with Crippen LogP contribution < -0.4 is 16.0 Å². The quantitative estimate of drug-likeness (QED) is 0.778. The predicted octanol–water partition coefficient (Wildman–Crippen LogP) is 3.14. The summed E-state index contributed by atoms with van der Waals surface area (Å²) in [6.07, 6.45) is 6.82. The Morgan fingerprint density at radius 2 is 1.90 bits per heavy atom. The van der Waals surface area contributed by atoms with Crippen molar-refractivity contribution in [2.45, 2.75) is 64.5 Å². The van der Waals surface area contributed by atoms with Gasteiger partial charge in [0.15, 0.2) is 5.82 Å². The number of hydrogen-bond acceptors (Lipinski definition) is 4. The maximum absolute atomic E-state index is 11.9. The van der Waals surface area contributed by atoms with E-state index in [0.29, 0.717) is 11.9 Å². The summed E-state index contributed by atoms with van der Waals surface area (Å²) in [7, 11) is 0. The van der Waals surface area contributed by atoms with Crippen LogP contribution in [0.2, 0.25) is 0 Å². The smallest absolute Gasteiger partial charge is 0.320 e. The molecule has 1 aliphatic rings. The van der Waals surface area contributed by atoms with Crippen LogP contribution in [-0.2, 0) is 0 Å². The number of carbonyl (C=O) groups excluding carboxylic acids is 1. The van der Waals surface area contributed by atoms with Crippen LogP contribution in [0.5, 0.6) is 0 Å². The van der Waals surface area contributed by atoms with E-state index in [0.717, 1.165) is 25.1 Å². The maximum Gasteiger partial charge on any atom is 0.320 e. The monoisotopic (exact) mass is 291 g/mol. The van der Waals surface area contributed by atoms with Crippen molar-refractivity contribution in [1.29, 1.82) is 0 Å². The second-order valence-electron chi connectivity index (χ2n) is 5.69. The van der Waals surface area contributed by atoms with E-state index in [9.17, 15) is 4.79 Å². The lowest BCUT2D eigenvalue weighted by atomic mass is 9.96. The number of nitrogens with one attached hydrogen (secondary N) is 3. The highest BCUT2D eigenvalue weighted by atomic mass is 16.2. The number of urea groups is 1. The fourth-order valence-corrected chi connectivity index (χ4v) is 2.42. The summed E-state index contributed by atoms with van der Waals surface area (Å²) in [5.41, 5.74) is 0. The van der Waals surface area contributed by atoms with Crippen molar-refractivity contribution >= 4 is 17.7 Å². The number of carbonyl (C=O) groups is 1. The molecule has 0 aromatic carbocycles. The molecule has 0 saturated heterocycles. The van der Waals surface area contributed by atoms with Gasteiger partial charge in [-0.3, -0.25) is 5.32 Å². The molecule has 6 heteroatoms. The SMILES string of the molecule is CCC(C)Nc1ccc(NC(=O)NC2CCCCC2)nn1. The first kappa shape index (κ1) is 15.5. The van der Waals surface area contributed by atoms with Gasteiger partial charge < -0.3 is 10.6 Å².